The van der Waals surface area contributed by atoms with Gasteiger partial charge in [-0.05, 0) is 31.0 Å². The second-order valence-corrected chi connectivity index (χ2v) is 4.44. The summed E-state index contributed by atoms with van der Waals surface area (Å²) in [6.07, 6.45) is 0.830. The minimum atomic E-state index is -1.65. The van der Waals surface area contributed by atoms with Crippen molar-refractivity contribution in [2.24, 2.45) is 0 Å². The van der Waals surface area contributed by atoms with E-state index in [1.54, 1.807) is 19.2 Å². The van der Waals surface area contributed by atoms with Crippen molar-refractivity contribution in [3.8, 4) is 5.75 Å². The van der Waals surface area contributed by atoms with Crippen LogP contribution in [0.3, 0.4) is 0 Å². The average Bonchev–Trinajstić information content (AvgIpc) is 2.43. The summed E-state index contributed by atoms with van der Waals surface area (Å²) in [5.74, 6) is -0.130. The van der Waals surface area contributed by atoms with E-state index in [9.17, 15) is 9.90 Å². The zero-order valence-corrected chi connectivity index (χ0v) is 11.5. The van der Waals surface area contributed by atoms with Gasteiger partial charge in [-0.2, -0.15) is 0 Å². The molecule has 0 bridgehead atoms. The van der Waals surface area contributed by atoms with Gasteiger partial charge in [0.25, 0.3) is 0 Å². The molecule has 0 amide bonds. The second-order valence-electron chi connectivity index (χ2n) is 4.44. The van der Waals surface area contributed by atoms with Gasteiger partial charge in [0.15, 0.2) is 5.60 Å². The third kappa shape index (κ3) is 4.89. The zero-order valence-electron chi connectivity index (χ0n) is 11.5. The molecule has 1 N–H and O–H groups in total. The molecular formula is C14H20O5. The lowest BCUT2D eigenvalue weighted by atomic mass is 10.1. The molecular weight excluding hydrogens is 248 g/mol. The molecule has 0 spiro atoms. The molecule has 0 aromatic heterocycles. The number of benzene rings is 1. The molecule has 19 heavy (non-hydrogen) atoms. The highest BCUT2D eigenvalue weighted by Crippen LogP contribution is 2.15. The van der Waals surface area contributed by atoms with E-state index < -0.39 is 11.6 Å². The van der Waals surface area contributed by atoms with Crippen LogP contribution < -0.4 is 4.74 Å². The quantitative estimate of drug-likeness (QED) is 0.752. The molecule has 0 fully saturated rings. The van der Waals surface area contributed by atoms with Gasteiger partial charge in [0.1, 0.15) is 12.4 Å². The Kier molecular flexibility index (Phi) is 5.79. The van der Waals surface area contributed by atoms with Crippen LogP contribution in [0.1, 0.15) is 12.5 Å². The van der Waals surface area contributed by atoms with Crippen molar-refractivity contribution in [2.45, 2.75) is 18.9 Å². The largest absolute Gasteiger partial charge is 0.490 e. The number of hydrogen-bond acceptors (Lipinski definition) is 5. The SMILES string of the molecule is COCCc1ccc(OCC(C)(O)C(=O)OC)cc1. The molecule has 1 aromatic rings. The molecule has 1 rings (SSSR count). The fourth-order valence-corrected chi connectivity index (χ4v) is 1.47. The fourth-order valence-electron chi connectivity index (χ4n) is 1.47. The normalized spacial score (nSPS) is 13.7. The average molecular weight is 268 g/mol. The molecule has 5 heteroatoms. The van der Waals surface area contributed by atoms with Crippen molar-refractivity contribution in [3.05, 3.63) is 29.8 Å². The summed E-state index contributed by atoms with van der Waals surface area (Å²) >= 11 is 0. The van der Waals surface area contributed by atoms with Gasteiger partial charge in [0, 0.05) is 7.11 Å². The maximum Gasteiger partial charge on any atom is 0.341 e. The summed E-state index contributed by atoms with van der Waals surface area (Å²) < 4.78 is 14.8. The molecule has 0 aliphatic rings. The fraction of sp³-hybridized carbons (Fsp3) is 0.500. The Hall–Kier alpha value is -1.59. The van der Waals surface area contributed by atoms with Crippen LogP contribution in [0.25, 0.3) is 0 Å². The van der Waals surface area contributed by atoms with Gasteiger partial charge in [-0.15, -0.1) is 0 Å². The maximum atomic E-state index is 11.3. The first-order valence-corrected chi connectivity index (χ1v) is 6.01. The standard InChI is InChI=1S/C14H20O5/c1-14(16,13(15)18-3)10-19-12-6-4-11(5-7-12)8-9-17-2/h4-7,16H,8-10H2,1-3H3. The van der Waals surface area contributed by atoms with E-state index in [0.29, 0.717) is 12.4 Å². The smallest absolute Gasteiger partial charge is 0.341 e. The number of hydrogen-bond donors (Lipinski definition) is 1. The Bertz CT molecular complexity index is 397. The minimum Gasteiger partial charge on any atom is -0.490 e. The third-order valence-corrected chi connectivity index (χ3v) is 2.66. The first kappa shape index (κ1) is 15.5. The highest BCUT2D eigenvalue weighted by atomic mass is 16.6. The number of ether oxygens (including phenoxy) is 3. The van der Waals surface area contributed by atoms with Gasteiger partial charge < -0.3 is 19.3 Å². The molecule has 0 aliphatic heterocycles. The van der Waals surface area contributed by atoms with Crippen LogP contribution in [-0.2, 0) is 20.7 Å². The molecule has 1 atom stereocenters. The molecule has 106 valence electrons. The van der Waals surface area contributed by atoms with E-state index >= 15 is 0 Å². The number of methoxy groups -OCH3 is 2. The Morgan fingerprint density at radius 2 is 1.89 bits per heavy atom. The van der Waals surface area contributed by atoms with Crippen LogP contribution in [0.2, 0.25) is 0 Å². The van der Waals surface area contributed by atoms with Gasteiger partial charge in [-0.1, -0.05) is 12.1 Å². The molecule has 5 nitrogen and oxygen atoms in total. The minimum absolute atomic E-state index is 0.156. The summed E-state index contributed by atoms with van der Waals surface area (Å²) in [5, 5.41) is 9.80. The lowest BCUT2D eigenvalue weighted by Gasteiger charge is -2.20. The summed E-state index contributed by atoms with van der Waals surface area (Å²) in [6, 6.07) is 7.42. The monoisotopic (exact) mass is 268 g/mol. The van der Waals surface area contributed by atoms with Gasteiger partial charge in [0.2, 0.25) is 0 Å². The van der Waals surface area contributed by atoms with Crippen LogP contribution in [-0.4, -0.2) is 44.1 Å². The Balaban J connectivity index is 2.52. The van der Waals surface area contributed by atoms with Crippen LogP contribution in [0.5, 0.6) is 5.75 Å². The van der Waals surface area contributed by atoms with Crippen LogP contribution in [0, 0.1) is 0 Å². The first-order valence-electron chi connectivity index (χ1n) is 6.01. The predicted molar refractivity (Wildman–Crippen MR) is 70.2 cm³/mol. The highest BCUT2D eigenvalue weighted by Gasteiger charge is 2.32. The van der Waals surface area contributed by atoms with E-state index in [0.717, 1.165) is 12.0 Å². The second kappa shape index (κ2) is 7.11. The summed E-state index contributed by atoms with van der Waals surface area (Å²) in [5.41, 5.74) is -0.516. The first-order chi connectivity index (χ1) is 8.99. The van der Waals surface area contributed by atoms with E-state index in [-0.39, 0.29) is 6.61 Å². The topological polar surface area (TPSA) is 65.0 Å². The zero-order chi connectivity index (χ0) is 14.3. The highest BCUT2D eigenvalue weighted by molar-refractivity contribution is 5.78. The number of esters is 1. The van der Waals surface area contributed by atoms with Crippen molar-refractivity contribution in [1.82, 2.24) is 0 Å². The number of aliphatic hydroxyl groups is 1. The van der Waals surface area contributed by atoms with E-state index in [2.05, 4.69) is 4.74 Å². The van der Waals surface area contributed by atoms with Gasteiger partial charge in [-0.25, -0.2) is 4.79 Å². The van der Waals surface area contributed by atoms with E-state index in [1.165, 1.54) is 14.0 Å². The summed E-state index contributed by atoms with van der Waals surface area (Å²) in [7, 11) is 2.88. The summed E-state index contributed by atoms with van der Waals surface area (Å²) in [6.45, 7) is 1.86. The molecule has 0 heterocycles. The Morgan fingerprint density at radius 3 is 2.42 bits per heavy atom. The van der Waals surface area contributed by atoms with E-state index in [4.69, 9.17) is 9.47 Å². The van der Waals surface area contributed by atoms with Gasteiger partial charge in [-0.3, -0.25) is 0 Å². The molecule has 0 aliphatic carbocycles. The predicted octanol–water partition coefficient (Wildman–Crippen LogP) is 1.18. The van der Waals surface area contributed by atoms with Crippen molar-refractivity contribution < 1.29 is 24.1 Å². The van der Waals surface area contributed by atoms with Crippen molar-refractivity contribution >= 4 is 5.97 Å². The third-order valence-electron chi connectivity index (χ3n) is 2.66. The van der Waals surface area contributed by atoms with Crippen LogP contribution >= 0.6 is 0 Å². The van der Waals surface area contributed by atoms with Crippen molar-refractivity contribution in [2.75, 3.05) is 27.4 Å². The lowest BCUT2D eigenvalue weighted by molar-refractivity contribution is -0.163. The van der Waals surface area contributed by atoms with Gasteiger partial charge >= 0.3 is 5.97 Å². The Morgan fingerprint density at radius 1 is 1.26 bits per heavy atom. The van der Waals surface area contributed by atoms with Crippen molar-refractivity contribution in [1.29, 1.82) is 0 Å². The van der Waals surface area contributed by atoms with E-state index in [1.807, 2.05) is 12.1 Å². The lowest BCUT2D eigenvalue weighted by Crippen LogP contribution is -2.42. The van der Waals surface area contributed by atoms with Crippen LogP contribution in [0.4, 0.5) is 0 Å². The Labute approximate surface area is 113 Å². The molecule has 0 saturated heterocycles. The number of carbonyl (C=O) groups is 1. The van der Waals surface area contributed by atoms with Crippen LogP contribution in [0.15, 0.2) is 24.3 Å². The molecule has 0 radical (unpaired) electrons. The summed E-state index contributed by atoms with van der Waals surface area (Å²) in [4.78, 5) is 11.3. The van der Waals surface area contributed by atoms with Gasteiger partial charge in [0.05, 0.1) is 13.7 Å². The maximum absolute atomic E-state index is 11.3. The number of carbonyl (C=O) groups excluding carboxylic acids is 1. The van der Waals surface area contributed by atoms with Crippen molar-refractivity contribution in [3.63, 3.8) is 0 Å². The molecule has 1 unspecified atom stereocenters. The molecule has 1 aromatic carbocycles. The number of rotatable bonds is 7. The molecule has 0 saturated carbocycles.